The highest BCUT2D eigenvalue weighted by Crippen LogP contribution is 2.24. The molecule has 110 valence electrons. The van der Waals surface area contributed by atoms with Crippen molar-refractivity contribution in [1.29, 1.82) is 0 Å². The SMILES string of the molecule is CC(C)(C)OC(=O)Nc1ccc(C(=O)CCN)cc1Cl. The highest BCUT2D eigenvalue weighted by Gasteiger charge is 2.17. The van der Waals surface area contributed by atoms with Gasteiger partial charge in [-0.3, -0.25) is 10.1 Å². The number of nitrogens with two attached hydrogens (primary N) is 1. The molecule has 1 aromatic carbocycles. The van der Waals surface area contributed by atoms with E-state index in [0.29, 0.717) is 11.3 Å². The van der Waals surface area contributed by atoms with Crippen molar-refractivity contribution >= 4 is 29.2 Å². The van der Waals surface area contributed by atoms with Crippen LogP contribution in [0.25, 0.3) is 0 Å². The first-order valence-electron chi connectivity index (χ1n) is 6.26. The number of hydrogen-bond donors (Lipinski definition) is 2. The van der Waals surface area contributed by atoms with E-state index in [2.05, 4.69) is 5.32 Å². The summed E-state index contributed by atoms with van der Waals surface area (Å²) in [5, 5.41) is 2.81. The molecule has 0 spiro atoms. The number of amides is 1. The maximum Gasteiger partial charge on any atom is 0.412 e. The highest BCUT2D eigenvalue weighted by atomic mass is 35.5. The fourth-order valence-electron chi connectivity index (χ4n) is 1.48. The molecule has 0 aliphatic heterocycles. The van der Waals surface area contributed by atoms with Gasteiger partial charge < -0.3 is 10.5 Å². The number of carbonyl (C=O) groups is 2. The van der Waals surface area contributed by atoms with Crippen LogP contribution >= 0.6 is 11.6 Å². The Hall–Kier alpha value is -1.59. The molecule has 0 aromatic heterocycles. The minimum absolute atomic E-state index is 0.0850. The normalized spacial score (nSPS) is 11.1. The molecule has 0 aliphatic rings. The third-order valence-electron chi connectivity index (χ3n) is 2.30. The standard InChI is InChI=1S/C14H19ClN2O3/c1-14(2,3)20-13(19)17-11-5-4-9(8-10(11)15)12(18)6-7-16/h4-5,8H,6-7,16H2,1-3H3,(H,17,19). The van der Waals surface area contributed by atoms with E-state index >= 15 is 0 Å². The van der Waals surface area contributed by atoms with Crippen molar-refractivity contribution < 1.29 is 14.3 Å². The lowest BCUT2D eigenvalue weighted by molar-refractivity contribution is 0.0636. The van der Waals surface area contributed by atoms with Gasteiger partial charge in [0.05, 0.1) is 10.7 Å². The number of ketones is 1. The lowest BCUT2D eigenvalue weighted by Crippen LogP contribution is -2.27. The van der Waals surface area contributed by atoms with Crippen molar-refractivity contribution in [2.45, 2.75) is 32.8 Å². The van der Waals surface area contributed by atoms with Gasteiger partial charge in [-0.2, -0.15) is 0 Å². The molecule has 0 saturated heterocycles. The fraction of sp³-hybridized carbons (Fsp3) is 0.429. The molecule has 3 N–H and O–H groups in total. The Labute approximate surface area is 123 Å². The Morgan fingerprint density at radius 3 is 2.50 bits per heavy atom. The highest BCUT2D eigenvalue weighted by molar-refractivity contribution is 6.34. The summed E-state index contributed by atoms with van der Waals surface area (Å²) in [6, 6.07) is 4.67. The summed E-state index contributed by atoms with van der Waals surface area (Å²) in [7, 11) is 0. The van der Waals surface area contributed by atoms with E-state index in [-0.39, 0.29) is 23.8 Å². The molecule has 1 rings (SSSR count). The van der Waals surface area contributed by atoms with E-state index in [0.717, 1.165) is 0 Å². The topological polar surface area (TPSA) is 81.4 Å². The zero-order valence-corrected chi connectivity index (χ0v) is 12.6. The molecule has 20 heavy (non-hydrogen) atoms. The molecule has 1 amide bonds. The summed E-state index contributed by atoms with van der Waals surface area (Å²) < 4.78 is 5.12. The fourth-order valence-corrected chi connectivity index (χ4v) is 1.71. The first-order chi connectivity index (χ1) is 9.23. The van der Waals surface area contributed by atoms with Crippen LogP contribution in [0.2, 0.25) is 5.02 Å². The minimum atomic E-state index is -0.597. The summed E-state index contributed by atoms with van der Waals surface area (Å²) in [5.41, 5.74) is 5.60. The number of benzene rings is 1. The van der Waals surface area contributed by atoms with E-state index in [1.54, 1.807) is 32.9 Å². The van der Waals surface area contributed by atoms with Gasteiger partial charge >= 0.3 is 6.09 Å². The van der Waals surface area contributed by atoms with Gasteiger partial charge in [0.1, 0.15) is 5.60 Å². The number of Topliss-reactive ketones (excluding diaryl/α,β-unsaturated/α-hetero) is 1. The van der Waals surface area contributed by atoms with Crippen molar-refractivity contribution in [1.82, 2.24) is 0 Å². The molecular weight excluding hydrogens is 280 g/mol. The van der Waals surface area contributed by atoms with Gasteiger partial charge in [-0.1, -0.05) is 11.6 Å². The Morgan fingerprint density at radius 2 is 2.00 bits per heavy atom. The number of nitrogens with one attached hydrogen (secondary N) is 1. The average molecular weight is 299 g/mol. The van der Waals surface area contributed by atoms with Crippen LogP contribution in [0.4, 0.5) is 10.5 Å². The van der Waals surface area contributed by atoms with Crippen molar-refractivity contribution in [3.05, 3.63) is 28.8 Å². The number of hydrogen-bond acceptors (Lipinski definition) is 4. The lowest BCUT2D eigenvalue weighted by Gasteiger charge is -2.20. The van der Waals surface area contributed by atoms with E-state index in [4.69, 9.17) is 22.1 Å². The van der Waals surface area contributed by atoms with Crippen LogP contribution in [0.3, 0.4) is 0 Å². The number of rotatable bonds is 4. The summed E-state index contributed by atoms with van der Waals surface area (Å²) in [6.07, 6.45) is -0.338. The van der Waals surface area contributed by atoms with E-state index < -0.39 is 11.7 Å². The second-order valence-electron chi connectivity index (χ2n) is 5.28. The molecule has 5 nitrogen and oxygen atoms in total. The Bertz CT molecular complexity index is 510. The third-order valence-corrected chi connectivity index (χ3v) is 2.61. The zero-order chi connectivity index (χ0) is 15.3. The van der Waals surface area contributed by atoms with Crippen LogP contribution < -0.4 is 11.1 Å². The largest absolute Gasteiger partial charge is 0.444 e. The van der Waals surface area contributed by atoms with Gasteiger partial charge in [0, 0.05) is 12.0 Å². The predicted octanol–water partition coefficient (Wildman–Crippen LogP) is 3.22. The van der Waals surface area contributed by atoms with Crippen molar-refractivity contribution in [3.63, 3.8) is 0 Å². The van der Waals surface area contributed by atoms with Gasteiger partial charge in [0.25, 0.3) is 0 Å². The monoisotopic (exact) mass is 298 g/mol. The maximum absolute atomic E-state index is 11.7. The molecular formula is C14H19ClN2O3. The van der Waals surface area contributed by atoms with Gasteiger partial charge in [-0.05, 0) is 45.5 Å². The van der Waals surface area contributed by atoms with Gasteiger partial charge in [0.15, 0.2) is 5.78 Å². The quantitative estimate of drug-likeness (QED) is 0.836. The number of halogens is 1. The maximum atomic E-state index is 11.7. The summed E-state index contributed by atoms with van der Waals surface area (Å²) in [4.78, 5) is 23.3. The van der Waals surface area contributed by atoms with Crippen molar-refractivity contribution in [2.24, 2.45) is 5.73 Å². The molecule has 1 aromatic rings. The van der Waals surface area contributed by atoms with Crippen LogP contribution in [0.1, 0.15) is 37.6 Å². The minimum Gasteiger partial charge on any atom is -0.444 e. The van der Waals surface area contributed by atoms with Gasteiger partial charge in [-0.25, -0.2) is 4.79 Å². The Balaban J connectivity index is 2.79. The lowest BCUT2D eigenvalue weighted by atomic mass is 10.1. The molecule has 0 radical (unpaired) electrons. The van der Waals surface area contributed by atoms with E-state index in [1.165, 1.54) is 6.07 Å². The van der Waals surface area contributed by atoms with Crippen LogP contribution in [0, 0.1) is 0 Å². The number of anilines is 1. The van der Waals surface area contributed by atoms with Crippen LogP contribution in [-0.4, -0.2) is 24.0 Å². The molecule has 0 aliphatic carbocycles. The molecule has 0 heterocycles. The Kier molecular flexibility index (Phi) is 5.53. The van der Waals surface area contributed by atoms with Gasteiger partial charge in [-0.15, -0.1) is 0 Å². The first-order valence-corrected chi connectivity index (χ1v) is 6.63. The van der Waals surface area contributed by atoms with E-state index in [1.807, 2.05) is 0 Å². The summed E-state index contributed by atoms with van der Waals surface area (Å²) in [6.45, 7) is 5.59. The molecule has 6 heteroatoms. The van der Waals surface area contributed by atoms with Crippen LogP contribution in [0.15, 0.2) is 18.2 Å². The first kappa shape index (κ1) is 16.5. The van der Waals surface area contributed by atoms with Crippen molar-refractivity contribution in [2.75, 3.05) is 11.9 Å². The third kappa shape index (κ3) is 5.19. The second-order valence-corrected chi connectivity index (χ2v) is 5.69. The van der Waals surface area contributed by atoms with Crippen molar-refractivity contribution in [3.8, 4) is 0 Å². The average Bonchev–Trinajstić information content (AvgIpc) is 2.29. The zero-order valence-electron chi connectivity index (χ0n) is 11.8. The molecule has 0 unspecified atom stereocenters. The smallest absolute Gasteiger partial charge is 0.412 e. The number of carbonyl (C=O) groups excluding carboxylic acids is 2. The second kappa shape index (κ2) is 6.72. The van der Waals surface area contributed by atoms with Crippen LogP contribution in [-0.2, 0) is 4.74 Å². The summed E-state index contributed by atoms with van der Waals surface area (Å²) >= 11 is 6.04. The molecule has 0 bridgehead atoms. The molecule has 0 fully saturated rings. The molecule has 0 saturated carbocycles. The molecule has 0 atom stereocenters. The number of ether oxygens (including phenoxy) is 1. The Morgan fingerprint density at radius 1 is 1.35 bits per heavy atom. The predicted molar refractivity (Wildman–Crippen MR) is 79.3 cm³/mol. The summed E-state index contributed by atoms with van der Waals surface area (Å²) in [5.74, 6) is -0.0850. The van der Waals surface area contributed by atoms with E-state index in [9.17, 15) is 9.59 Å². The van der Waals surface area contributed by atoms with Crippen LogP contribution in [0.5, 0.6) is 0 Å². The van der Waals surface area contributed by atoms with Gasteiger partial charge in [0.2, 0.25) is 0 Å².